The first-order valence-corrected chi connectivity index (χ1v) is 9.09. The van der Waals surface area contributed by atoms with Gasteiger partial charge >= 0.3 is 0 Å². The third-order valence-electron chi connectivity index (χ3n) is 4.23. The van der Waals surface area contributed by atoms with Gasteiger partial charge in [0.25, 0.3) is 0 Å². The standard InChI is InChI=1S/C13H26N2O2S/c1-18(16,17)14-9-13-7-4-8-15(11-13)10-12-5-2-3-6-12/h12-14H,2-11H2,1H3/t13-/m0/s1. The van der Waals surface area contributed by atoms with Crippen molar-refractivity contribution in [3.63, 3.8) is 0 Å². The molecule has 1 atom stereocenters. The van der Waals surface area contributed by atoms with Gasteiger partial charge in [-0.25, -0.2) is 13.1 Å². The van der Waals surface area contributed by atoms with Crippen LogP contribution >= 0.6 is 0 Å². The first-order chi connectivity index (χ1) is 8.53. The summed E-state index contributed by atoms with van der Waals surface area (Å²) in [7, 11) is -3.03. The van der Waals surface area contributed by atoms with Crippen LogP contribution in [0.1, 0.15) is 38.5 Å². The van der Waals surface area contributed by atoms with Gasteiger partial charge in [-0.2, -0.15) is 0 Å². The molecule has 4 nitrogen and oxygen atoms in total. The number of nitrogens with one attached hydrogen (secondary N) is 1. The molecule has 0 radical (unpaired) electrons. The minimum Gasteiger partial charge on any atom is -0.303 e. The van der Waals surface area contributed by atoms with Crippen LogP contribution in [0.25, 0.3) is 0 Å². The van der Waals surface area contributed by atoms with Crippen molar-refractivity contribution < 1.29 is 8.42 Å². The maximum Gasteiger partial charge on any atom is 0.208 e. The fourth-order valence-corrected chi connectivity index (χ4v) is 3.85. The van der Waals surface area contributed by atoms with E-state index in [0.29, 0.717) is 12.5 Å². The third-order valence-corrected chi connectivity index (χ3v) is 4.92. The highest BCUT2D eigenvalue weighted by molar-refractivity contribution is 7.88. The molecule has 2 aliphatic rings. The van der Waals surface area contributed by atoms with Crippen LogP contribution in [0.2, 0.25) is 0 Å². The molecule has 1 saturated carbocycles. The lowest BCUT2D eigenvalue weighted by Crippen LogP contribution is -2.42. The first kappa shape index (κ1) is 14.3. The number of hydrogen-bond donors (Lipinski definition) is 1. The summed E-state index contributed by atoms with van der Waals surface area (Å²) in [4.78, 5) is 2.55. The van der Waals surface area contributed by atoms with E-state index >= 15 is 0 Å². The van der Waals surface area contributed by atoms with Gasteiger partial charge in [0.05, 0.1) is 6.26 Å². The van der Waals surface area contributed by atoms with Crippen molar-refractivity contribution >= 4 is 10.0 Å². The minimum atomic E-state index is -3.03. The highest BCUT2D eigenvalue weighted by atomic mass is 32.2. The lowest BCUT2D eigenvalue weighted by atomic mass is 9.97. The van der Waals surface area contributed by atoms with Crippen LogP contribution in [0.5, 0.6) is 0 Å². The molecule has 0 spiro atoms. The number of hydrogen-bond acceptors (Lipinski definition) is 3. The van der Waals surface area contributed by atoms with E-state index in [1.54, 1.807) is 0 Å². The topological polar surface area (TPSA) is 49.4 Å². The van der Waals surface area contributed by atoms with Gasteiger partial charge in [-0.05, 0) is 44.1 Å². The van der Waals surface area contributed by atoms with Crippen molar-refractivity contribution in [1.29, 1.82) is 0 Å². The summed E-state index contributed by atoms with van der Waals surface area (Å²) in [5, 5.41) is 0. The van der Waals surface area contributed by atoms with E-state index in [1.807, 2.05) is 0 Å². The van der Waals surface area contributed by atoms with Crippen LogP contribution in [-0.4, -0.2) is 45.8 Å². The Bertz CT molecular complexity index is 350. The maximum atomic E-state index is 11.1. The second kappa shape index (κ2) is 6.35. The number of likely N-dealkylation sites (tertiary alicyclic amines) is 1. The zero-order chi connectivity index (χ0) is 13.0. The second-order valence-corrected chi connectivity index (χ2v) is 7.87. The molecule has 0 aromatic carbocycles. The van der Waals surface area contributed by atoms with Crippen molar-refractivity contribution in [1.82, 2.24) is 9.62 Å². The van der Waals surface area contributed by atoms with Crippen LogP contribution < -0.4 is 4.72 Å². The van der Waals surface area contributed by atoms with Crippen LogP contribution in [0.15, 0.2) is 0 Å². The molecule has 0 aromatic heterocycles. The Labute approximate surface area is 111 Å². The van der Waals surface area contributed by atoms with Crippen molar-refractivity contribution in [2.75, 3.05) is 32.4 Å². The number of nitrogens with zero attached hydrogens (tertiary/aromatic N) is 1. The first-order valence-electron chi connectivity index (χ1n) is 7.20. The normalized spacial score (nSPS) is 27.7. The molecule has 0 aromatic rings. The predicted molar refractivity (Wildman–Crippen MR) is 74.0 cm³/mol. The second-order valence-electron chi connectivity index (χ2n) is 6.04. The van der Waals surface area contributed by atoms with Gasteiger partial charge in [0.1, 0.15) is 0 Å². The molecular weight excluding hydrogens is 248 g/mol. The summed E-state index contributed by atoms with van der Waals surface area (Å²) in [6.07, 6.45) is 9.19. The smallest absolute Gasteiger partial charge is 0.208 e. The van der Waals surface area contributed by atoms with Crippen molar-refractivity contribution in [3.05, 3.63) is 0 Å². The van der Waals surface area contributed by atoms with E-state index < -0.39 is 10.0 Å². The molecule has 1 aliphatic carbocycles. The monoisotopic (exact) mass is 274 g/mol. The molecule has 5 heteroatoms. The van der Waals surface area contributed by atoms with Gasteiger partial charge in [-0.15, -0.1) is 0 Å². The van der Waals surface area contributed by atoms with E-state index in [0.717, 1.165) is 18.9 Å². The van der Waals surface area contributed by atoms with Gasteiger partial charge in [-0.3, -0.25) is 0 Å². The quantitative estimate of drug-likeness (QED) is 0.825. The zero-order valence-corrected chi connectivity index (χ0v) is 12.2. The number of sulfonamides is 1. The molecule has 2 fully saturated rings. The number of rotatable bonds is 5. The average molecular weight is 274 g/mol. The summed E-state index contributed by atoms with van der Waals surface area (Å²) in [6.45, 7) is 4.11. The van der Waals surface area contributed by atoms with E-state index in [2.05, 4.69) is 9.62 Å². The summed E-state index contributed by atoms with van der Waals surface area (Å²) < 4.78 is 24.9. The summed E-state index contributed by atoms with van der Waals surface area (Å²) >= 11 is 0. The molecular formula is C13H26N2O2S. The molecule has 0 amide bonds. The lowest BCUT2D eigenvalue weighted by Gasteiger charge is -2.34. The van der Waals surface area contributed by atoms with Crippen LogP contribution in [0.3, 0.4) is 0 Å². The molecule has 0 bridgehead atoms. The number of piperidine rings is 1. The van der Waals surface area contributed by atoms with Gasteiger partial charge < -0.3 is 4.90 Å². The van der Waals surface area contributed by atoms with Crippen LogP contribution in [0, 0.1) is 11.8 Å². The maximum absolute atomic E-state index is 11.1. The highest BCUT2D eigenvalue weighted by Gasteiger charge is 2.24. The van der Waals surface area contributed by atoms with Gasteiger partial charge in [0, 0.05) is 19.6 Å². The third kappa shape index (κ3) is 4.86. The summed E-state index contributed by atoms with van der Waals surface area (Å²) in [6, 6.07) is 0. The van der Waals surface area contributed by atoms with Crippen molar-refractivity contribution in [2.24, 2.45) is 11.8 Å². The Morgan fingerprint density at radius 2 is 1.78 bits per heavy atom. The Kier molecular flexibility index (Phi) is 5.04. The van der Waals surface area contributed by atoms with E-state index in [4.69, 9.17) is 0 Å². The molecule has 0 unspecified atom stereocenters. The Morgan fingerprint density at radius 1 is 1.11 bits per heavy atom. The van der Waals surface area contributed by atoms with E-state index in [1.165, 1.54) is 51.4 Å². The summed E-state index contributed by atoms with van der Waals surface area (Å²) in [5.41, 5.74) is 0. The van der Waals surface area contributed by atoms with Gasteiger partial charge in [0.2, 0.25) is 10.0 Å². The fraction of sp³-hybridized carbons (Fsp3) is 1.00. The minimum absolute atomic E-state index is 0.495. The Morgan fingerprint density at radius 3 is 2.44 bits per heavy atom. The molecule has 2 rings (SSSR count). The molecule has 18 heavy (non-hydrogen) atoms. The zero-order valence-electron chi connectivity index (χ0n) is 11.4. The van der Waals surface area contributed by atoms with Gasteiger partial charge in [0.15, 0.2) is 0 Å². The lowest BCUT2D eigenvalue weighted by molar-refractivity contribution is 0.153. The summed E-state index contributed by atoms with van der Waals surface area (Å²) in [5.74, 6) is 1.39. The fourth-order valence-electron chi connectivity index (χ4n) is 3.31. The molecule has 1 saturated heterocycles. The SMILES string of the molecule is CS(=O)(=O)NC[C@@H]1CCCN(CC2CCCC2)C1. The van der Waals surface area contributed by atoms with E-state index in [9.17, 15) is 8.42 Å². The average Bonchev–Trinajstić information content (AvgIpc) is 2.79. The van der Waals surface area contributed by atoms with Crippen molar-refractivity contribution in [2.45, 2.75) is 38.5 Å². The largest absolute Gasteiger partial charge is 0.303 e. The van der Waals surface area contributed by atoms with Gasteiger partial charge in [-0.1, -0.05) is 12.8 Å². The molecule has 1 heterocycles. The Hall–Kier alpha value is -0.130. The molecule has 1 aliphatic heterocycles. The van der Waals surface area contributed by atoms with Crippen LogP contribution in [0.4, 0.5) is 0 Å². The molecule has 1 N–H and O–H groups in total. The Balaban J connectivity index is 1.73. The van der Waals surface area contributed by atoms with Crippen molar-refractivity contribution in [3.8, 4) is 0 Å². The molecule has 106 valence electrons. The van der Waals surface area contributed by atoms with E-state index in [-0.39, 0.29) is 0 Å². The van der Waals surface area contributed by atoms with Crippen LogP contribution in [-0.2, 0) is 10.0 Å². The highest BCUT2D eigenvalue weighted by Crippen LogP contribution is 2.27. The predicted octanol–water partition coefficient (Wildman–Crippen LogP) is 1.44.